The molecule has 5 heteroatoms. The van der Waals surface area contributed by atoms with E-state index in [4.69, 9.17) is 0 Å². The number of fused-ring (bicyclic) bond motifs is 2. The molecule has 0 fully saturated rings. The second-order valence-electron chi connectivity index (χ2n) is 7.00. The summed E-state index contributed by atoms with van der Waals surface area (Å²) >= 11 is 1.85. The number of rotatable bonds is 3. The Kier molecular flexibility index (Phi) is 5.04. The van der Waals surface area contributed by atoms with Crippen LogP contribution in [0.5, 0.6) is 0 Å². The fourth-order valence-corrected chi connectivity index (χ4v) is 5.06. The number of thioether (sulfide) groups is 1. The number of nitrogens with one attached hydrogen (secondary N) is 1. The largest absolute Gasteiger partial charge is 0.284 e. The first-order valence-corrected chi connectivity index (χ1v) is 11.9. The summed E-state index contributed by atoms with van der Waals surface area (Å²) in [4.78, 5) is 1.26. The third kappa shape index (κ3) is 4.16. The van der Waals surface area contributed by atoms with Crippen molar-refractivity contribution in [2.45, 2.75) is 17.6 Å². The Labute approximate surface area is 170 Å². The Morgan fingerprint density at radius 1 is 0.964 bits per heavy atom. The molecule has 0 atom stereocenters. The highest BCUT2D eigenvalue weighted by Gasteiger charge is 2.18. The van der Waals surface area contributed by atoms with Crippen LogP contribution >= 0.6 is 11.8 Å². The van der Waals surface area contributed by atoms with Crippen LogP contribution in [0, 0.1) is 6.92 Å². The zero-order valence-corrected chi connectivity index (χ0v) is 17.4. The molecule has 0 bridgehead atoms. The third-order valence-electron chi connectivity index (χ3n) is 4.61. The fourth-order valence-electron chi connectivity index (χ4n) is 3.45. The molecule has 142 valence electrons. The second kappa shape index (κ2) is 7.49. The van der Waals surface area contributed by atoms with Crippen LogP contribution in [0.25, 0.3) is 11.6 Å². The summed E-state index contributed by atoms with van der Waals surface area (Å²) in [5.41, 5.74) is 7.68. The zero-order chi connectivity index (χ0) is 19.7. The molecule has 1 heterocycles. The quantitative estimate of drug-likeness (QED) is 0.618. The smallest absolute Gasteiger partial charge is 0.229 e. The first-order valence-electron chi connectivity index (χ1n) is 9.01. The summed E-state index contributed by atoms with van der Waals surface area (Å²) in [7, 11) is -3.31. The average molecular weight is 408 g/mol. The van der Waals surface area contributed by atoms with Crippen molar-refractivity contribution in [3.05, 3.63) is 94.5 Å². The van der Waals surface area contributed by atoms with Crippen LogP contribution in [0.15, 0.2) is 71.6 Å². The van der Waals surface area contributed by atoms with Crippen molar-refractivity contribution in [3.8, 4) is 0 Å². The van der Waals surface area contributed by atoms with Crippen molar-refractivity contribution in [2.24, 2.45) is 0 Å². The van der Waals surface area contributed by atoms with Gasteiger partial charge in [-0.15, -0.1) is 11.8 Å². The van der Waals surface area contributed by atoms with Gasteiger partial charge in [-0.3, -0.25) is 4.72 Å². The molecule has 3 aromatic rings. The summed E-state index contributed by atoms with van der Waals surface area (Å²) in [6, 6.07) is 22.5. The Bertz CT molecular complexity index is 1180. The molecule has 0 saturated carbocycles. The van der Waals surface area contributed by atoms with Crippen LogP contribution in [0.4, 0.5) is 5.69 Å². The molecule has 3 nitrogen and oxygen atoms in total. The summed E-state index contributed by atoms with van der Waals surface area (Å²) in [5.74, 6) is 0.932. The Hall–Kier alpha value is -2.50. The van der Waals surface area contributed by atoms with Gasteiger partial charge in [0.05, 0.1) is 6.26 Å². The minimum atomic E-state index is -3.31. The maximum absolute atomic E-state index is 11.6. The highest BCUT2D eigenvalue weighted by molar-refractivity contribution is 7.98. The van der Waals surface area contributed by atoms with Crippen molar-refractivity contribution >= 4 is 39.1 Å². The maximum Gasteiger partial charge on any atom is 0.229 e. The number of benzene rings is 3. The molecule has 1 aliphatic heterocycles. The van der Waals surface area contributed by atoms with E-state index in [1.165, 1.54) is 27.1 Å². The van der Waals surface area contributed by atoms with Gasteiger partial charge in [0.1, 0.15) is 0 Å². The molecule has 0 saturated heterocycles. The highest BCUT2D eigenvalue weighted by atomic mass is 32.2. The van der Waals surface area contributed by atoms with E-state index in [2.05, 4.69) is 60.2 Å². The van der Waals surface area contributed by atoms with Crippen molar-refractivity contribution in [3.63, 3.8) is 0 Å². The monoisotopic (exact) mass is 407 g/mol. The maximum atomic E-state index is 11.6. The lowest BCUT2D eigenvalue weighted by Crippen LogP contribution is -2.09. The summed E-state index contributed by atoms with van der Waals surface area (Å²) in [5, 5.41) is 0. The molecule has 0 aromatic heterocycles. The molecule has 0 aliphatic carbocycles. The second-order valence-corrected chi connectivity index (χ2v) is 9.77. The zero-order valence-electron chi connectivity index (χ0n) is 15.8. The van der Waals surface area contributed by atoms with Crippen LogP contribution in [-0.2, 0) is 15.8 Å². The Morgan fingerprint density at radius 2 is 1.79 bits per heavy atom. The van der Waals surface area contributed by atoms with Crippen molar-refractivity contribution in [2.75, 3.05) is 11.0 Å². The summed E-state index contributed by atoms with van der Waals surface area (Å²) < 4.78 is 25.7. The SMILES string of the molecule is Cc1ccc2c(c1)CSc1ccccc1/C2=C/c1cccc(NS(C)(=O)=O)c1. The van der Waals surface area contributed by atoms with Gasteiger partial charge in [-0.25, -0.2) is 8.42 Å². The van der Waals surface area contributed by atoms with Gasteiger partial charge in [-0.1, -0.05) is 54.1 Å². The number of hydrogen-bond acceptors (Lipinski definition) is 3. The Morgan fingerprint density at radius 3 is 2.61 bits per heavy atom. The molecule has 0 unspecified atom stereocenters. The number of sulfonamides is 1. The van der Waals surface area contributed by atoms with Crippen LogP contribution in [0.1, 0.15) is 27.8 Å². The van der Waals surface area contributed by atoms with E-state index >= 15 is 0 Å². The van der Waals surface area contributed by atoms with Crippen molar-refractivity contribution < 1.29 is 8.42 Å². The van der Waals surface area contributed by atoms with Gasteiger partial charge in [0.25, 0.3) is 0 Å². The topological polar surface area (TPSA) is 46.2 Å². The molecule has 3 aromatic carbocycles. The lowest BCUT2D eigenvalue weighted by molar-refractivity contribution is 0.607. The van der Waals surface area contributed by atoms with Crippen LogP contribution in [-0.4, -0.2) is 14.7 Å². The van der Waals surface area contributed by atoms with Gasteiger partial charge in [0.15, 0.2) is 0 Å². The first kappa shape index (κ1) is 18.8. The van der Waals surface area contributed by atoms with E-state index in [1.54, 1.807) is 6.07 Å². The van der Waals surface area contributed by atoms with Gasteiger partial charge < -0.3 is 0 Å². The minimum Gasteiger partial charge on any atom is -0.284 e. The normalized spacial score (nSPS) is 14.9. The van der Waals surface area contributed by atoms with E-state index in [1.807, 2.05) is 30.0 Å². The molecule has 0 spiro atoms. The predicted octanol–water partition coefficient (Wildman–Crippen LogP) is 5.56. The average Bonchev–Trinajstić information content (AvgIpc) is 2.78. The van der Waals surface area contributed by atoms with E-state index in [0.717, 1.165) is 23.1 Å². The third-order valence-corrected chi connectivity index (χ3v) is 6.34. The first-order chi connectivity index (χ1) is 13.4. The van der Waals surface area contributed by atoms with Crippen LogP contribution in [0.2, 0.25) is 0 Å². The molecule has 1 aliphatic rings. The minimum absolute atomic E-state index is 0.567. The van der Waals surface area contributed by atoms with Crippen LogP contribution in [0.3, 0.4) is 0 Å². The van der Waals surface area contributed by atoms with Gasteiger partial charge >= 0.3 is 0 Å². The van der Waals surface area contributed by atoms with E-state index in [0.29, 0.717) is 5.69 Å². The van der Waals surface area contributed by atoms with Gasteiger partial charge in [-0.2, -0.15) is 0 Å². The molecule has 1 N–H and O–H groups in total. The van der Waals surface area contributed by atoms with E-state index in [-0.39, 0.29) is 0 Å². The summed E-state index contributed by atoms with van der Waals surface area (Å²) in [6.07, 6.45) is 3.31. The standard InChI is InChI=1S/C23H21NO2S2/c1-16-10-11-20-18(12-16)15-27-23-9-4-3-8-21(23)22(20)14-17-6-5-7-19(13-17)24-28(2,25)26/h3-14,24H,15H2,1-2H3/b22-14+. The molecule has 0 amide bonds. The lowest BCUT2D eigenvalue weighted by atomic mass is 9.92. The molecular formula is C23H21NO2S2. The Balaban J connectivity index is 1.88. The number of hydrogen-bond donors (Lipinski definition) is 1. The fraction of sp³-hybridized carbons (Fsp3) is 0.130. The predicted molar refractivity (Wildman–Crippen MR) is 119 cm³/mol. The lowest BCUT2D eigenvalue weighted by Gasteiger charge is -2.13. The number of aryl methyl sites for hydroxylation is 1. The van der Waals surface area contributed by atoms with Gasteiger partial charge in [0.2, 0.25) is 10.0 Å². The molecular weight excluding hydrogens is 386 g/mol. The number of anilines is 1. The van der Waals surface area contributed by atoms with Crippen LogP contribution < -0.4 is 4.72 Å². The van der Waals surface area contributed by atoms with Crippen molar-refractivity contribution in [1.82, 2.24) is 0 Å². The van der Waals surface area contributed by atoms with Crippen molar-refractivity contribution in [1.29, 1.82) is 0 Å². The van der Waals surface area contributed by atoms with E-state index in [9.17, 15) is 8.42 Å². The molecule has 4 rings (SSSR count). The highest BCUT2D eigenvalue weighted by Crippen LogP contribution is 2.41. The van der Waals surface area contributed by atoms with Gasteiger partial charge in [-0.05, 0) is 59.0 Å². The molecule has 0 radical (unpaired) electrons. The van der Waals surface area contributed by atoms with Gasteiger partial charge in [0, 0.05) is 16.3 Å². The summed E-state index contributed by atoms with van der Waals surface area (Å²) in [6.45, 7) is 2.12. The van der Waals surface area contributed by atoms with E-state index < -0.39 is 10.0 Å². The molecule has 28 heavy (non-hydrogen) atoms.